The van der Waals surface area contributed by atoms with E-state index < -0.39 is 12.2 Å². The molecule has 0 bridgehead atoms. The fraction of sp³-hybridized carbons (Fsp3) is 0.600. The first kappa shape index (κ1) is 12.6. The highest BCUT2D eigenvalue weighted by molar-refractivity contribution is 5.24. The molecule has 0 aromatic heterocycles. The summed E-state index contributed by atoms with van der Waals surface area (Å²) >= 11 is 0. The smallest absolute Gasteiger partial charge is 0.105 e. The van der Waals surface area contributed by atoms with Crippen LogP contribution in [-0.4, -0.2) is 16.3 Å². The second-order valence-electron chi connectivity index (χ2n) is 5.25. The largest absolute Gasteiger partial charge is 0.390 e. The number of aryl methyl sites for hydroxylation is 1. The van der Waals surface area contributed by atoms with Gasteiger partial charge in [-0.2, -0.15) is 0 Å². The van der Waals surface area contributed by atoms with E-state index in [1.807, 2.05) is 31.2 Å². The molecule has 0 amide bonds. The molecule has 2 heteroatoms. The number of aliphatic hydroxyl groups excluding tert-OH is 2. The Labute approximate surface area is 103 Å². The van der Waals surface area contributed by atoms with Gasteiger partial charge in [0.15, 0.2) is 0 Å². The van der Waals surface area contributed by atoms with Crippen LogP contribution < -0.4 is 0 Å². The Morgan fingerprint density at radius 3 is 2.47 bits per heavy atom. The Morgan fingerprint density at radius 2 is 1.82 bits per heavy atom. The maximum atomic E-state index is 10.2. The van der Waals surface area contributed by atoms with Gasteiger partial charge in [0.1, 0.15) is 6.10 Å². The zero-order valence-corrected chi connectivity index (χ0v) is 10.5. The van der Waals surface area contributed by atoms with Gasteiger partial charge in [0.05, 0.1) is 6.10 Å². The van der Waals surface area contributed by atoms with Gasteiger partial charge in [-0.05, 0) is 31.2 Å². The number of aliphatic hydroxyl groups is 2. The zero-order valence-electron chi connectivity index (χ0n) is 10.5. The average Bonchev–Trinajstić information content (AvgIpc) is 2.38. The topological polar surface area (TPSA) is 40.5 Å². The molecule has 0 radical (unpaired) electrons. The predicted octanol–water partition coefficient (Wildman–Crippen LogP) is 2.97. The Balaban J connectivity index is 2.05. The van der Waals surface area contributed by atoms with Crippen molar-refractivity contribution in [1.82, 2.24) is 0 Å². The molecular weight excluding hydrogens is 212 g/mol. The van der Waals surface area contributed by atoms with Crippen LogP contribution in [0.4, 0.5) is 0 Å². The minimum absolute atomic E-state index is 0.263. The van der Waals surface area contributed by atoms with Crippen LogP contribution in [0.15, 0.2) is 24.3 Å². The molecule has 2 unspecified atom stereocenters. The summed E-state index contributed by atoms with van der Waals surface area (Å²) < 4.78 is 0. The lowest BCUT2D eigenvalue weighted by molar-refractivity contribution is -0.0285. The minimum Gasteiger partial charge on any atom is -0.390 e. The summed E-state index contributed by atoms with van der Waals surface area (Å²) in [5, 5.41) is 20.5. The first-order valence-corrected chi connectivity index (χ1v) is 6.61. The van der Waals surface area contributed by atoms with Crippen LogP contribution in [0.5, 0.6) is 0 Å². The molecule has 0 heterocycles. The normalized spacial score (nSPS) is 21.1. The van der Waals surface area contributed by atoms with Crippen LogP contribution in [-0.2, 0) is 0 Å². The Kier molecular flexibility index (Phi) is 4.19. The number of rotatable bonds is 3. The van der Waals surface area contributed by atoms with Crippen LogP contribution in [0.25, 0.3) is 0 Å². The first-order chi connectivity index (χ1) is 8.18. The van der Waals surface area contributed by atoms with Gasteiger partial charge in [-0.25, -0.2) is 0 Å². The summed E-state index contributed by atoms with van der Waals surface area (Å²) in [5.41, 5.74) is 1.96. The first-order valence-electron chi connectivity index (χ1n) is 6.61. The molecule has 0 spiro atoms. The fourth-order valence-electron chi connectivity index (χ4n) is 2.78. The van der Waals surface area contributed by atoms with E-state index in [0.717, 1.165) is 24.0 Å². The van der Waals surface area contributed by atoms with Crippen LogP contribution in [0.1, 0.15) is 49.3 Å². The third kappa shape index (κ3) is 3.08. The average molecular weight is 234 g/mol. The lowest BCUT2D eigenvalue weighted by atomic mass is 9.82. The molecule has 2 atom stereocenters. The van der Waals surface area contributed by atoms with Crippen LogP contribution >= 0.6 is 0 Å². The van der Waals surface area contributed by atoms with Gasteiger partial charge in [0.2, 0.25) is 0 Å². The Bertz CT molecular complexity index is 356. The Morgan fingerprint density at radius 1 is 1.12 bits per heavy atom. The van der Waals surface area contributed by atoms with E-state index in [0.29, 0.717) is 0 Å². The molecule has 2 nitrogen and oxygen atoms in total. The number of benzene rings is 1. The van der Waals surface area contributed by atoms with Crippen LogP contribution in [0.3, 0.4) is 0 Å². The van der Waals surface area contributed by atoms with Crippen molar-refractivity contribution < 1.29 is 10.2 Å². The summed E-state index contributed by atoms with van der Waals surface area (Å²) in [6, 6.07) is 7.78. The van der Waals surface area contributed by atoms with Crippen molar-refractivity contribution in [3.8, 4) is 0 Å². The van der Waals surface area contributed by atoms with Crippen molar-refractivity contribution in [3.63, 3.8) is 0 Å². The van der Waals surface area contributed by atoms with E-state index in [1.54, 1.807) is 0 Å². The molecule has 1 aromatic rings. The minimum atomic E-state index is -0.738. The van der Waals surface area contributed by atoms with Crippen molar-refractivity contribution in [2.45, 2.75) is 51.2 Å². The van der Waals surface area contributed by atoms with Gasteiger partial charge >= 0.3 is 0 Å². The molecule has 1 aliphatic carbocycles. The molecule has 1 fully saturated rings. The zero-order chi connectivity index (χ0) is 12.3. The molecule has 1 saturated carbocycles. The van der Waals surface area contributed by atoms with E-state index in [1.165, 1.54) is 19.3 Å². The lowest BCUT2D eigenvalue weighted by Crippen LogP contribution is -2.29. The van der Waals surface area contributed by atoms with E-state index in [2.05, 4.69) is 0 Å². The highest BCUT2D eigenvalue weighted by Crippen LogP contribution is 2.32. The summed E-state index contributed by atoms with van der Waals surface area (Å²) in [5.74, 6) is 0.263. The molecule has 2 rings (SSSR count). The molecule has 0 saturated heterocycles. The molecule has 0 aliphatic heterocycles. The van der Waals surface area contributed by atoms with E-state index in [9.17, 15) is 10.2 Å². The highest BCUT2D eigenvalue weighted by atomic mass is 16.3. The molecule has 94 valence electrons. The summed E-state index contributed by atoms with van der Waals surface area (Å²) in [6.45, 7) is 2.00. The van der Waals surface area contributed by atoms with Gasteiger partial charge in [-0.1, -0.05) is 49.1 Å². The molecular formula is C15H22O2. The van der Waals surface area contributed by atoms with Crippen molar-refractivity contribution in [3.05, 3.63) is 35.4 Å². The van der Waals surface area contributed by atoms with Gasteiger partial charge in [-0.15, -0.1) is 0 Å². The third-order valence-corrected chi connectivity index (χ3v) is 3.84. The standard InChI is InChI=1S/C15H22O2/c1-11-6-5-9-13(10-11)15(17)14(16)12-7-3-2-4-8-12/h5-6,9-10,12,14-17H,2-4,7-8H2,1H3. The quantitative estimate of drug-likeness (QED) is 0.844. The van der Waals surface area contributed by atoms with Crippen molar-refractivity contribution in [1.29, 1.82) is 0 Å². The molecule has 17 heavy (non-hydrogen) atoms. The van der Waals surface area contributed by atoms with E-state index >= 15 is 0 Å². The summed E-state index contributed by atoms with van der Waals surface area (Å²) in [4.78, 5) is 0. The second kappa shape index (κ2) is 5.65. The van der Waals surface area contributed by atoms with E-state index in [-0.39, 0.29) is 5.92 Å². The SMILES string of the molecule is Cc1cccc(C(O)C(O)C2CCCCC2)c1. The Hall–Kier alpha value is -0.860. The lowest BCUT2D eigenvalue weighted by Gasteiger charge is -2.30. The monoisotopic (exact) mass is 234 g/mol. The fourth-order valence-corrected chi connectivity index (χ4v) is 2.78. The van der Waals surface area contributed by atoms with E-state index in [4.69, 9.17) is 0 Å². The maximum absolute atomic E-state index is 10.2. The molecule has 1 aliphatic rings. The van der Waals surface area contributed by atoms with Gasteiger partial charge in [0, 0.05) is 0 Å². The third-order valence-electron chi connectivity index (χ3n) is 3.84. The van der Waals surface area contributed by atoms with Crippen molar-refractivity contribution in [2.24, 2.45) is 5.92 Å². The van der Waals surface area contributed by atoms with Gasteiger partial charge in [0.25, 0.3) is 0 Å². The molecule has 2 N–H and O–H groups in total. The van der Waals surface area contributed by atoms with Gasteiger partial charge in [-0.3, -0.25) is 0 Å². The number of hydrogen-bond donors (Lipinski definition) is 2. The highest BCUT2D eigenvalue weighted by Gasteiger charge is 2.28. The van der Waals surface area contributed by atoms with Crippen molar-refractivity contribution in [2.75, 3.05) is 0 Å². The number of hydrogen-bond acceptors (Lipinski definition) is 2. The second-order valence-corrected chi connectivity index (χ2v) is 5.25. The maximum Gasteiger partial charge on any atom is 0.105 e. The van der Waals surface area contributed by atoms with Gasteiger partial charge < -0.3 is 10.2 Å². The summed E-state index contributed by atoms with van der Waals surface area (Å²) in [6.07, 6.45) is 4.37. The van der Waals surface area contributed by atoms with Crippen LogP contribution in [0, 0.1) is 12.8 Å². The van der Waals surface area contributed by atoms with Crippen LogP contribution in [0.2, 0.25) is 0 Å². The summed E-state index contributed by atoms with van der Waals surface area (Å²) in [7, 11) is 0. The van der Waals surface area contributed by atoms with Crippen molar-refractivity contribution >= 4 is 0 Å². The predicted molar refractivity (Wildman–Crippen MR) is 68.7 cm³/mol. The molecule has 1 aromatic carbocycles.